The van der Waals surface area contributed by atoms with Gasteiger partial charge in [-0.25, -0.2) is 18.8 Å². The van der Waals surface area contributed by atoms with Crippen molar-refractivity contribution in [2.45, 2.75) is 25.4 Å². The molecule has 20 heavy (non-hydrogen) atoms. The number of nitrogens with zero attached hydrogens (tertiary/aromatic N) is 3. The minimum absolute atomic E-state index is 0.0795. The summed E-state index contributed by atoms with van der Waals surface area (Å²) in [6, 6.07) is 5.22. The zero-order valence-electron chi connectivity index (χ0n) is 11.9. The summed E-state index contributed by atoms with van der Waals surface area (Å²) in [6.07, 6.45) is -0.0710. The van der Waals surface area contributed by atoms with Gasteiger partial charge in [-0.15, -0.1) is 0 Å². The molecule has 6 heteroatoms. The number of hydrogen-bond acceptors (Lipinski definition) is 4. The molecule has 0 amide bonds. The quantitative estimate of drug-likeness (QED) is 0.794. The minimum Gasteiger partial charge on any atom is -0.384 e. The molecule has 0 spiro atoms. The molecule has 1 aromatic rings. The maximum Gasteiger partial charge on any atom is 0.147 e. The lowest BCUT2D eigenvalue weighted by atomic mass is 9.95. The summed E-state index contributed by atoms with van der Waals surface area (Å²) in [4.78, 5) is 4.38. The monoisotopic (exact) mass is 283 g/mol. The van der Waals surface area contributed by atoms with Crippen molar-refractivity contribution in [2.75, 3.05) is 25.6 Å². The molecular formula is C14H19F2N3O. The largest absolute Gasteiger partial charge is 0.384 e. The lowest BCUT2D eigenvalue weighted by Crippen LogP contribution is -2.38. The van der Waals surface area contributed by atoms with E-state index in [1.54, 1.807) is 44.2 Å². The van der Waals surface area contributed by atoms with E-state index in [-0.39, 0.29) is 19.4 Å². The van der Waals surface area contributed by atoms with Crippen LogP contribution in [0.5, 0.6) is 0 Å². The predicted molar refractivity (Wildman–Crippen MR) is 73.3 cm³/mol. The highest BCUT2D eigenvalue weighted by Gasteiger charge is 2.27. The SMILES string of the molecule is CN1C/C(F)=C(/F)CCC(C)(O)c2cccc(n2)N1C. The number of allylic oxidation sites excluding steroid dienone is 1. The Balaban J connectivity index is 2.47. The summed E-state index contributed by atoms with van der Waals surface area (Å²) in [7, 11) is 3.36. The fraction of sp³-hybridized carbons (Fsp3) is 0.500. The van der Waals surface area contributed by atoms with Crippen LogP contribution in [0.1, 0.15) is 25.5 Å². The number of hydrogen-bond donors (Lipinski definition) is 1. The molecule has 0 radical (unpaired) electrons. The highest BCUT2D eigenvalue weighted by atomic mass is 19.2. The summed E-state index contributed by atoms with van der Waals surface area (Å²) in [5, 5.41) is 13.6. The van der Waals surface area contributed by atoms with Crippen molar-refractivity contribution in [2.24, 2.45) is 0 Å². The second-order valence-corrected chi connectivity index (χ2v) is 5.30. The Morgan fingerprint density at radius 3 is 2.65 bits per heavy atom. The molecule has 1 aromatic heterocycles. The second-order valence-electron chi connectivity index (χ2n) is 5.30. The van der Waals surface area contributed by atoms with E-state index >= 15 is 0 Å². The summed E-state index contributed by atoms with van der Waals surface area (Å²) in [5.41, 5.74) is -0.845. The third-order valence-corrected chi connectivity index (χ3v) is 3.62. The van der Waals surface area contributed by atoms with Crippen molar-refractivity contribution in [1.29, 1.82) is 0 Å². The number of aromatic nitrogens is 1. The zero-order chi connectivity index (χ0) is 14.9. The van der Waals surface area contributed by atoms with Gasteiger partial charge in [0.05, 0.1) is 12.2 Å². The van der Waals surface area contributed by atoms with Gasteiger partial charge in [-0.2, -0.15) is 0 Å². The van der Waals surface area contributed by atoms with Gasteiger partial charge in [-0.05, 0) is 25.5 Å². The molecule has 1 unspecified atom stereocenters. The van der Waals surface area contributed by atoms with E-state index in [9.17, 15) is 13.9 Å². The minimum atomic E-state index is -1.29. The molecule has 2 heterocycles. The summed E-state index contributed by atoms with van der Waals surface area (Å²) >= 11 is 0. The number of hydrazine groups is 1. The highest BCUT2D eigenvalue weighted by Crippen LogP contribution is 2.30. The van der Waals surface area contributed by atoms with Crippen molar-refractivity contribution in [1.82, 2.24) is 9.99 Å². The maximum absolute atomic E-state index is 13.8. The maximum atomic E-state index is 13.8. The molecular weight excluding hydrogens is 264 g/mol. The first-order chi connectivity index (χ1) is 9.31. The van der Waals surface area contributed by atoms with Crippen LogP contribution in [0.3, 0.4) is 0 Å². The van der Waals surface area contributed by atoms with E-state index in [1.807, 2.05) is 0 Å². The second kappa shape index (κ2) is 5.46. The first-order valence-electron chi connectivity index (χ1n) is 6.49. The van der Waals surface area contributed by atoms with E-state index in [2.05, 4.69) is 4.98 Å². The van der Waals surface area contributed by atoms with Crippen LogP contribution in [0, 0.1) is 0 Å². The molecule has 0 saturated carbocycles. The van der Waals surface area contributed by atoms with Gasteiger partial charge in [-0.1, -0.05) is 6.07 Å². The Labute approximate surface area is 117 Å². The highest BCUT2D eigenvalue weighted by molar-refractivity contribution is 5.38. The van der Waals surface area contributed by atoms with Gasteiger partial charge in [0.25, 0.3) is 0 Å². The van der Waals surface area contributed by atoms with Crippen LogP contribution in [0.4, 0.5) is 14.6 Å². The number of pyridine rings is 1. The van der Waals surface area contributed by atoms with Crippen LogP contribution in [0.2, 0.25) is 0 Å². The van der Waals surface area contributed by atoms with Crippen molar-refractivity contribution < 1.29 is 13.9 Å². The number of rotatable bonds is 0. The number of fused-ring (bicyclic) bond motifs is 2. The van der Waals surface area contributed by atoms with Gasteiger partial charge in [-0.3, -0.25) is 5.01 Å². The molecule has 1 atom stereocenters. The number of likely N-dealkylation sites (N-methyl/N-ethyl adjacent to an activating group) is 1. The molecule has 1 N–H and O–H groups in total. The van der Waals surface area contributed by atoms with Crippen LogP contribution >= 0.6 is 0 Å². The third-order valence-electron chi connectivity index (χ3n) is 3.62. The van der Waals surface area contributed by atoms with E-state index in [0.29, 0.717) is 11.5 Å². The summed E-state index contributed by atoms with van der Waals surface area (Å²) in [6.45, 7) is 1.39. The van der Waals surface area contributed by atoms with Gasteiger partial charge in [0.2, 0.25) is 0 Å². The van der Waals surface area contributed by atoms with Crippen LogP contribution in [0.25, 0.3) is 0 Å². The molecule has 110 valence electrons. The average molecular weight is 283 g/mol. The molecule has 2 rings (SSSR count). The number of halogens is 2. The summed E-state index contributed by atoms with van der Waals surface area (Å²) in [5.74, 6) is -1.06. The first kappa shape index (κ1) is 14.9. The van der Waals surface area contributed by atoms with Crippen molar-refractivity contribution in [3.8, 4) is 0 Å². The normalized spacial score (nSPS) is 29.2. The van der Waals surface area contributed by atoms with E-state index in [0.717, 1.165) is 0 Å². The first-order valence-corrected chi connectivity index (χ1v) is 6.49. The van der Waals surface area contributed by atoms with E-state index < -0.39 is 17.3 Å². The standard InChI is InChI=1S/C14H19F2N3O/c1-14(20)8-7-10(15)11(16)9-18(2)19(3)13-6-4-5-12(14)17-13/h4-6,20H,7-9H2,1-3H3/b11-10-. The van der Waals surface area contributed by atoms with Gasteiger partial charge < -0.3 is 5.11 Å². The lowest BCUT2D eigenvalue weighted by molar-refractivity contribution is 0.0420. The Bertz CT molecular complexity index is 531. The molecule has 0 aliphatic carbocycles. The van der Waals surface area contributed by atoms with Crippen molar-refractivity contribution >= 4 is 5.82 Å². The summed E-state index contributed by atoms with van der Waals surface area (Å²) < 4.78 is 27.5. The lowest BCUT2D eigenvalue weighted by Gasteiger charge is -2.29. The van der Waals surface area contributed by atoms with Crippen LogP contribution in [-0.4, -0.2) is 35.7 Å². The van der Waals surface area contributed by atoms with Crippen LogP contribution in [0.15, 0.2) is 29.9 Å². The Hall–Kier alpha value is -1.53. The number of aliphatic hydroxyl groups is 1. The fourth-order valence-electron chi connectivity index (χ4n) is 2.09. The van der Waals surface area contributed by atoms with Gasteiger partial charge in [0.1, 0.15) is 23.1 Å². The van der Waals surface area contributed by atoms with E-state index in [4.69, 9.17) is 0 Å². The van der Waals surface area contributed by atoms with Crippen LogP contribution < -0.4 is 5.01 Å². The number of anilines is 1. The van der Waals surface area contributed by atoms with Crippen LogP contribution in [-0.2, 0) is 5.60 Å². The Morgan fingerprint density at radius 1 is 1.25 bits per heavy atom. The average Bonchev–Trinajstić information content (AvgIpc) is 2.43. The molecule has 0 fully saturated rings. The topological polar surface area (TPSA) is 39.6 Å². The molecule has 0 saturated heterocycles. The third kappa shape index (κ3) is 2.96. The van der Waals surface area contributed by atoms with Crippen molar-refractivity contribution in [3.63, 3.8) is 0 Å². The smallest absolute Gasteiger partial charge is 0.147 e. The molecule has 2 bridgehead atoms. The van der Waals surface area contributed by atoms with Crippen molar-refractivity contribution in [3.05, 3.63) is 35.5 Å². The molecule has 4 nitrogen and oxygen atoms in total. The van der Waals surface area contributed by atoms with E-state index in [1.165, 1.54) is 5.01 Å². The van der Waals surface area contributed by atoms with Gasteiger partial charge in [0, 0.05) is 20.5 Å². The zero-order valence-corrected chi connectivity index (χ0v) is 11.9. The Kier molecular flexibility index (Phi) is 4.06. The van der Waals surface area contributed by atoms with Gasteiger partial charge in [0.15, 0.2) is 0 Å². The molecule has 1 aliphatic rings. The van der Waals surface area contributed by atoms with Gasteiger partial charge >= 0.3 is 0 Å². The Morgan fingerprint density at radius 2 is 1.95 bits per heavy atom. The predicted octanol–water partition coefficient (Wildman–Crippen LogP) is 2.52. The fourth-order valence-corrected chi connectivity index (χ4v) is 2.09. The molecule has 1 aliphatic heterocycles. The molecule has 0 aromatic carbocycles.